The lowest BCUT2D eigenvalue weighted by Crippen LogP contribution is -2.03. The molecule has 0 aliphatic heterocycles. The number of nitrogens with zero attached hydrogens (tertiary/aromatic N) is 1. The van der Waals surface area contributed by atoms with E-state index >= 15 is 0 Å². The monoisotopic (exact) mass is 272 g/mol. The highest BCUT2D eigenvalue weighted by Crippen LogP contribution is 2.32. The van der Waals surface area contributed by atoms with Gasteiger partial charge in [-0.05, 0) is 36.5 Å². The molecule has 0 spiro atoms. The summed E-state index contributed by atoms with van der Waals surface area (Å²) >= 11 is 1.89. The highest BCUT2D eigenvalue weighted by Gasteiger charge is 2.16. The highest BCUT2D eigenvalue weighted by atomic mass is 32.2. The third kappa shape index (κ3) is 2.93. The molecule has 1 aromatic heterocycles. The Kier molecular flexibility index (Phi) is 4.04. The van der Waals surface area contributed by atoms with E-state index in [0.29, 0.717) is 6.54 Å². The lowest BCUT2D eigenvalue weighted by Gasteiger charge is -2.11. The molecule has 3 heteroatoms. The van der Waals surface area contributed by atoms with E-state index in [1.165, 1.54) is 42.4 Å². The summed E-state index contributed by atoms with van der Waals surface area (Å²) in [6.45, 7) is 0.574. The van der Waals surface area contributed by atoms with Crippen LogP contribution >= 0.6 is 11.8 Å². The van der Waals surface area contributed by atoms with E-state index in [-0.39, 0.29) is 0 Å². The first-order valence-corrected chi connectivity index (χ1v) is 8.07. The molecule has 1 fully saturated rings. The second-order valence-corrected chi connectivity index (χ2v) is 6.32. The predicted octanol–water partition coefficient (Wildman–Crippen LogP) is 3.98. The Hall–Kier alpha value is -1.06. The standard InChI is InChI=1S/C16H20N2S/c17-10-14-9-13-7-3-4-8-15(13)18-16(14)19-11-12-5-1-2-6-12/h3-4,7-9,12H,1-2,5-6,10-11,17H2. The number of hydrogen-bond acceptors (Lipinski definition) is 3. The Labute approximate surface area is 118 Å². The van der Waals surface area contributed by atoms with E-state index in [1.54, 1.807) is 0 Å². The van der Waals surface area contributed by atoms with Crippen LogP contribution in [-0.4, -0.2) is 10.7 Å². The van der Waals surface area contributed by atoms with Gasteiger partial charge in [-0.2, -0.15) is 0 Å². The van der Waals surface area contributed by atoms with Gasteiger partial charge in [-0.15, -0.1) is 11.8 Å². The first-order valence-electron chi connectivity index (χ1n) is 7.08. The maximum absolute atomic E-state index is 5.87. The van der Waals surface area contributed by atoms with Crippen LogP contribution in [0.15, 0.2) is 35.4 Å². The number of nitrogens with two attached hydrogens (primary N) is 1. The van der Waals surface area contributed by atoms with Crippen molar-refractivity contribution in [2.75, 3.05) is 5.75 Å². The van der Waals surface area contributed by atoms with Crippen LogP contribution in [0.4, 0.5) is 0 Å². The molecular formula is C16H20N2S. The molecule has 19 heavy (non-hydrogen) atoms. The molecular weight excluding hydrogens is 252 g/mol. The number of fused-ring (bicyclic) bond motifs is 1. The topological polar surface area (TPSA) is 38.9 Å². The molecule has 0 saturated heterocycles. The number of rotatable bonds is 4. The van der Waals surface area contributed by atoms with Crippen LogP contribution in [0, 0.1) is 5.92 Å². The van der Waals surface area contributed by atoms with Crippen molar-refractivity contribution in [3.8, 4) is 0 Å². The molecule has 1 aromatic carbocycles. The first kappa shape index (κ1) is 12.9. The molecule has 2 aromatic rings. The number of pyridine rings is 1. The van der Waals surface area contributed by atoms with Crippen molar-refractivity contribution in [3.63, 3.8) is 0 Å². The SMILES string of the molecule is NCc1cc2ccccc2nc1SCC1CCCC1. The summed E-state index contributed by atoms with van der Waals surface area (Å²) in [5.74, 6) is 2.07. The number of hydrogen-bond donors (Lipinski definition) is 1. The van der Waals surface area contributed by atoms with Crippen molar-refractivity contribution in [1.29, 1.82) is 0 Å². The van der Waals surface area contributed by atoms with Gasteiger partial charge in [0.15, 0.2) is 0 Å². The number of thioether (sulfide) groups is 1. The minimum Gasteiger partial charge on any atom is -0.326 e. The van der Waals surface area contributed by atoms with Crippen molar-refractivity contribution in [2.45, 2.75) is 37.3 Å². The smallest absolute Gasteiger partial charge is 0.101 e. The molecule has 1 saturated carbocycles. The molecule has 0 unspecified atom stereocenters. The summed E-state index contributed by atoms with van der Waals surface area (Å²) in [6.07, 6.45) is 5.58. The van der Waals surface area contributed by atoms with E-state index in [4.69, 9.17) is 10.7 Å². The highest BCUT2D eigenvalue weighted by molar-refractivity contribution is 7.99. The first-order chi connectivity index (χ1) is 9.36. The average Bonchev–Trinajstić information content (AvgIpc) is 2.97. The van der Waals surface area contributed by atoms with Crippen LogP contribution in [0.3, 0.4) is 0 Å². The van der Waals surface area contributed by atoms with Gasteiger partial charge in [-0.25, -0.2) is 4.98 Å². The lowest BCUT2D eigenvalue weighted by atomic mass is 10.1. The van der Waals surface area contributed by atoms with Crippen LogP contribution in [-0.2, 0) is 6.54 Å². The minimum absolute atomic E-state index is 0.574. The van der Waals surface area contributed by atoms with Gasteiger partial charge in [0.05, 0.1) is 5.52 Å². The maximum Gasteiger partial charge on any atom is 0.101 e. The second kappa shape index (κ2) is 5.93. The van der Waals surface area contributed by atoms with Crippen LogP contribution in [0.2, 0.25) is 0 Å². The average molecular weight is 272 g/mol. The normalized spacial score (nSPS) is 16.3. The van der Waals surface area contributed by atoms with Crippen LogP contribution < -0.4 is 5.73 Å². The molecule has 2 nitrogen and oxygen atoms in total. The van der Waals surface area contributed by atoms with Gasteiger partial charge >= 0.3 is 0 Å². The summed E-state index contributed by atoms with van der Waals surface area (Å²) in [5, 5.41) is 2.32. The Morgan fingerprint density at radius 1 is 1.21 bits per heavy atom. The number of benzene rings is 1. The van der Waals surface area contributed by atoms with E-state index in [1.807, 2.05) is 17.8 Å². The molecule has 0 bridgehead atoms. The summed E-state index contributed by atoms with van der Waals surface area (Å²) in [4.78, 5) is 4.79. The molecule has 1 aliphatic rings. The minimum atomic E-state index is 0.574. The van der Waals surface area contributed by atoms with Crippen LogP contribution in [0.5, 0.6) is 0 Å². The van der Waals surface area contributed by atoms with Gasteiger partial charge in [-0.3, -0.25) is 0 Å². The zero-order chi connectivity index (χ0) is 13.1. The van der Waals surface area contributed by atoms with E-state index in [2.05, 4.69) is 24.3 Å². The number of para-hydroxylation sites is 1. The Morgan fingerprint density at radius 2 is 2.00 bits per heavy atom. The molecule has 1 aliphatic carbocycles. The molecule has 1 heterocycles. The molecule has 3 rings (SSSR count). The van der Waals surface area contributed by atoms with Gasteiger partial charge in [-0.1, -0.05) is 31.0 Å². The van der Waals surface area contributed by atoms with Gasteiger partial charge in [0, 0.05) is 17.7 Å². The quantitative estimate of drug-likeness (QED) is 0.856. The Bertz CT molecular complexity index is 562. The summed E-state index contributed by atoms with van der Waals surface area (Å²) < 4.78 is 0. The van der Waals surface area contributed by atoms with Crippen LogP contribution in [0.25, 0.3) is 10.9 Å². The fourth-order valence-electron chi connectivity index (χ4n) is 2.79. The second-order valence-electron chi connectivity index (χ2n) is 5.31. The third-order valence-electron chi connectivity index (χ3n) is 3.91. The number of aromatic nitrogens is 1. The van der Waals surface area contributed by atoms with Crippen molar-refractivity contribution in [2.24, 2.45) is 11.7 Å². The van der Waals surface area contributed by atoms with Gasteiger partial charge in [0.25, 0.3) is 0 Å². The van der Waals surface area contributed by atoms with Crippen molar-refractivity contribution in [1.82, 2.24) is 4.98 Å². The zero-order valence-corrected chi connectivity index (χ0v) is 12.0. The Balaban J connectivity index is 1.83. The Morgan fingerprint density at radius 3 is 2.79 bits per heavy atom. The molecule has 100 valence electrons. The fraction of sp³-hybridized carbons (Fsp3) is 0.438. The maximum atomic E-state index is 5.87. The molecule has 2 N–H and O–H groups in total. The largest absolute Gasteiger partial charge is 0.326 e. The third-order valence-corrected chi connectivity index (χ3v) is 5.18. The molecule has 0 atom stereocenters. The van der Waals surface area contributed by atoms with E-state index < -0.39 is 0 Å². The molecule has 0 amide bonds. The summed E-state index contributed by atoms with van der Waals surface area (Å²) in [7, 11) is 0. The van der Waals surface area contributed by atoms with Crippen molar-refractivity contribution in [3.05, 3.63) is 35.9 Å². The van der Waals surface area contributed by atoms with E-state index in [0.717, 1.165) is 16.5 Å². The predicted molar refractivity (Wildman–Crippen MR) is 82.3 cm³/mol. The summed E-state index contributed by atoms with van der Waals surface area (Å²) in [5.41, 5.74) is 8.13. The van der Waals surface area contributed by atoms with Crippen molar-refractivity contribution >= 4 is 22.7 Å². The van der Waals surface area contributed by atoms with E-state index in [9.17, 15) is 0 Å². The van der Waals surface area contributed by atoms with Gasteiger partial charge in [0.1, 0.15) is 5.03 Å². The zero-order valence-electron chi connectivity index (χ0n) is 11.1. The van der Waals surface area contributed by atoms with Crippen LogP contribution in [0.1, 0.15) is 31.2 Å². The van der Waals surface area contributed by atoms with Gasteiger partial charge in [0.2, 0.25) is 0 Å². The fourth-order valence-corrected chi connectivity index (χ4v) is 4.00. The van der Waals surface area contributed by atoms with Gasteiger partial charge < -0.3 is 5.73 Å². The molecule has 0 radical (unpaired) electrons. The summed E-state index contributed by atoms with van der Waals surface area (Å²) in [6, 6.07) is 10.5. The lowest BCUT2D eigenvalue weighted by molar-refractivity contribution is 0.622. The van der Waals surface area contributed by atoms with Crippen molar-refractivity contribution < 1.29 is 0 Å².